The summed E-state index contributed by atoms with van der Waals surface area (Å²) < 4.78 is 24.9. The first-order valence-corrected chi connectivity index (χ1v) is 9.57. The van der Waals surface area contributed by atoms with Crippen LogP contribution in [-0.2, 0) is 16.4 Å². The number of hydrogen-bond donors (Lipinski definition) is 2. The molecular formula is C15H25N3O3S. The molecule has 0 spiro atoms. The number of sulfonamides is 1. The highest BCUT2D eigenvalue weighted by atomic mass is 32.2. The molecule has 2 N–H and O–H groups in total. The summed E-state index contributed by atoms with van der Waals surface area (Å²) in [5.41, 5.74) is 2.07. The molecule has 2 heterocycles. The van der Waals surface area contributed by atoms with Gasteiger partial charge in [-0.2, -0.15) is 0 Å². The van der Waals surface area contributed by atoms with Crippen LogP contribution in [0.5, 0.6) is 0 Å². The van der Waals surface area contributed by atoms with E-state index in [9.17, 15) is 8.42 Å². The second kappa shape index (κ2) is 7.89. The standard InChI is InChI=1S/C15H25N3O3S/c1-22(20,21)18-6-2-3-13(4-7-18)9-14-10-15(12-16-11-14)17-5-8-19/h10-13,17,19H,2-9H2,1H3. The molecule has 0 aromatic carbocycles. The lowest BCUT2D eigenvalue weighted by Crippen LogP contribution is -2.30. The van der Waals surface area contributed by atoms with E-state index < -0.39 is 10.0 Å². The van der Waals surface area contributed by atoms with Crippen molar-refractivity contribution in [3.63, 3.8) is 0 Å². The van der Waals surface area contributed by atoms with E-state index >= 15 is 0 Å². The van der Waals surface area contributed by atoms with Crippen molar-refractivity contribution in [3.8, 4) is 0 Å². The molecule has 1 unspecified atom stereocenters. The van der Waals surface area contributed by atoms with Crippen molar-refractivity contribution in [1.29, 1.82) is 0 Å². The summed E-state index contributed by atoms with van der Waals surface area (Å²) >= 11 is 0. The molecule has 1 aliphatic heterocycles. The average Bonchev–Trinajstić information content (AvgIpc) is 2.71. The van der Waals surface area contributed by atoms with Crippen LogP contribution < -0.4 is 5.32 Å². The maximum Gasteiger partial charge on any atom is 0.211 e. The molecule has 1 aromatic rings. The van der Waals surface area contributed by atoms with E-state index in [1.165, 1.54) is 6.26 Å². The van der Waals surface area contributed by atoms with Crippen molar-refractivity contribution in [1.82, 2.24) is 9.29 Å². The summed E-state index contributed by atoms with van der Waals surface area (Å²) in [4.78, 5) is 4.23. The third kappa shape index (κ3) is 5.23. The average molecular weight is 327 g/mol. The summed E-state index contributed by atoms with van der Waals surface area (Å²) in [6, 6.07) is 2.06. The van der Waals surface area contributed by atoms with E-state index in [2.05, 4.69) is 16.4 Å². The van der Waals surface area contributed by atoms with Gasteiger partial charge >= 0.3 is 0 Å². The number of rotatable bonds is 6. The third-order valence-electron chi connectivity index (χ3n) is 4.04. The summed E-state index contributed by atoms with van der Waals surface area (Å²) in [6.07, 6.45) is 8.66. The highest BCUT2D eigenvalue weighted by Crippen LogP contribution is 2.23. The Labute approximate surface area is 132 Å². The maximum atomic E-state index is 11.6. The molecule has 0 saturated carbocycles. The molecule has 1 aliphatic rings. The summed E-state index contributed by atoms with van der Waals surface area (Å²) in [5.74, 6) is 0.488. The Bertz CT molecular complexity index is 577. The van der Waals surface area contributed by atoms with Crippen LogP contribution in [0.2, 0.25) is 0 Å². The van der Waals surface area contributed by atoms with E-state index in [0.717, 1.165) is 36.9 Å². The zero-order valence-corrected chi connectivity index (χ0v) is 13.8. The molecule has 0 bridgehead atoms. The molecule has 0 aliphatic carbocycles. The van der Waals surface area contributed by atoms with Crippen LogP contribution in [0.4, 0.5) is 5.69 Å². The molecule has 6 nitrogen and oxygen atoms in total. The molecule has 2 rings (SSSR count). The minimum atomic E-state index is -3.08. The SMILES string of the molecule is CS(=O)(=O)N1CCCC(Cc2cncc(NCCO)c2)CC1. The van der Waals surface area contributed by atoms with E-state index in [-0.39, 0.29) is 6.61 Å². The van der Waals surface area contributed by atoms with Gasteiger partial charge in [0.25, 0.3) is 0 Å². The highest BCUT2D eigenvalue weighted by Gasteiger charge is 2.22. The lowest BCUT2D eigenvalue weighted by Gasteiger charge is -2.17. The largest absolute Gasteiger partial charge is 0.395 e. The number of aromatic nitrogens is 1. The first kappa shape index (κ1) is 17.2. The van der Waals surface area contributed by atoms with Crippen LogP contribution in [0.1, 0.15) is 24.8 Å². The predicted molar refractivity (Wildman–Crippen MR) is 87.3 cm³/mol. The van der Waals surface area contributed by atoms with E-state index in [1.807, 2.05) is 6.20 Å². The second-order valence-electron chi connectivity index (χ2n) is 5.90. The molecule has 124 valence electrons. The van der Waals surface area contributed by atoms with Crippen molar-refractivity contribution in [2.45, 2.75) is 25.7 Å². The fraction of sp³-hybridized carbons (Fsp3) is 0.667. The van der Waals surface area contributed by atoms with Crippen molar-refractivity contribution in [3.05, 3.63) is 24.0 Å². The first-order valence-electron chi connectivity index (χ1n) is 7.73. The molecule has 1 fully saturated rings. The van der Waals surface area contributed by atoms with Crippen molar-refractivity contribution in [2.75, 3.05) is 37.8 Å². The summed E-state index contributed by atoms with van der Waals surface area (Å²) in [7, 11) is -3.08. The van der Waals surface area contributed by atoms with Gasteiger partial charge in [0.2, 0.25) is 10.0 Å². The topological polar surface area (TPSA) is 82.5 Å². The predicted octanol–water partition coefficient (Wildman–Crippen LogP) is 1.09. The van der Waals surface area contributed by atoms with Crippen LogP contribution in [0.25, 0.3) is 0 Å². The number of aliphatic hydroxyl groups is 1. The van der Waals surface area contributed by atoms with E-state index in [1.54, 1.807) is 10.5 Å². The number of nitrogens with zero attached hydrogens (tertiary/aromatic N) is 2. The monoisotopic (exact) mass is 327 g/mol. The minimum Gasteiger partial charge on any atom is -0.395 e. The van der Waals surface area contributed by atoms with Gasteiger partial charge in [-0.15, -0.1) is 0 Å². The Morgan fingerprint density at radius 3 is 2.91 bits per heavy atom. The third-order valence-corrected chi connectivity index (χ3v) is 5.34. The zero-order valence-electron chi connectivity index (χ0n) is 13.0. The van der Waals surface area contributed by atoms with Gasteiger partial charge in [-0.25, -0.2) is 12.7 Å². The molecule has 0 amide bonds. The van der Waals surface area contributed by atoms with Gasteiger partial charge in [0.15, 0.2) is 0 Å². The van der Waals surface area contributed by atoms with Gasteiger partial charge in [0.05, 0.1) is 18.6 Å². The Kier molecular flexibility index (Phi) is 6.16. The quantitative estimate of drug-likeness (QED) is 0.817. The fourth-order valence-corrected chi connectivity index (χ4v) is 3.80. The summed E-state index contributed by atoms with van der Waals surface area (Å²) in [6.45, 7) is 1.84. The molecule has 7 heteroatoms. The van der Waals surface area contributed by atoms with Crippen molar-refractivity contribution in [2.24, 2.45) is 5.92 Å². The molecule has 1 atom stereocenters. The maximum absolute atomic E-state index is 11.6. The normalized spacial score (nSPS) is 20.5. The van der Waals surface area contributed by atoms with Gasteiger partial charge in [-0.05, 0) is 43.2 Å². The summed E-state index contributed by atoms with van der Waals surface area (Å²) in [5, 5.41) is 12.0. The van der Waals surface area contributed by atoms with E-state index in [4.69, 9.17) is 5.11 Å². The van der Waals surface area contributed by atoms with Crippen LogP contribution in [0.3, 0.4) is 0 Å². The Hall–Kier alpha value is -1.18. The van der Waals surface area contributed by atoms with Gasteiger partial charge in [0.1, 0.15) is 0 Å². The van der Waals surface area contributed by atoms with E-state index in [0.29, 0.717) is 25.6 Å². The fourth-order valence-electron chi connectivity index (χ4n) is 2.90. The Morgan fingerprint density at radius 2 is 2.18 bits per heavy atom. The van der Waals surface area contributed by atoms with Gasteiger partial charge in [0, 0.05) is 32.0 Å². The zero-order chi connectivity index (χ0) is 16.0. The Balaban J connectivity index is 1.93. The van der Waals surface area contributed by atoms with Crippen molar-refractivity contribution >= 4 is 15.7 Å². The smallest absolute Gasteiger partial charge is 0.211 e. The number of hydrogen-bond acceptors (Lipinski definition) is 5. The van der Waals surface area contributed by atoms with Crippen LogP contribution >= 0.6 is 0 Å². The van der Waals surface area contributed by atoms with Crippen molar-refractivity contribution < 1.29 is 13.5 Å². The molecule has 1 aromatic heterocycles. The lowest BCUT2D eigenvalue weighted by molar-refractivity contribution is 0.311. The highest BCUT2D eigenvalue weighted by molar-refractivity contribution is 7.88. The Morgan fingerprint density at radius 1 is 1.36 bits per heavy atom. The second-order valence-corrected chi connectivity index (χ2v) is 7.88. The number of anilines is 1. The minimum absolute atomic E-state index is 0.0914. The van der Waals surface area contributed by atoms with Crippen LogP contribution in [0, 0.1) is 5.92 Å². The number of aliphatic hydroxyl groups excluding tert-OH is 1. The number of nitrogens with one attached hydrogen (secondary N) is 1. The van der Waals surface area contributed by atoms with Gasteiger partial charge in [-0.3, -0.25) is 4.98 Å². The van der Waals surface area contributed by atoms with Gasteiger partial charge < -0.3 is 10.4 Å². The lowest BCUT2D eigenvalue weighted by atomic mass is 9.93. The number of pyridine rings is 1. The van der Waals surface area contributed by atoms with Gasteiger partial charge in [-0.1, -0.05) is 0 Å². The molecule has 0 radical (unpaired) electrons. The molecular weight excluding hydrogens is 302 g/mol. The molecule has 1 saturated heterocycles. The van der Waals surface area contributed by atoms with Crippen LogP contribution in [-0.4, -0.2) is 55.3 Å². The van der Waals surface area contributed by atoms with Crippen LogP contribution in [0.15, 0.2) is 18.5 Å². The first-order chi connectivity index (χ1) is 10.5. The molecule has 22 heavy (non-hydrogen) atoms.